The van der Waals surface area contributed by atoms with E-state index in [4.69, 9.17) is 4.74 Å². The summed E-state index contributed by atoms with van der Waals surface area (Å²) in [5, 5.41) is 3.18. The average Bonchev–Trinajstić information content (AvgIpc) is 2.50. The van der Waals surface area contributed by atoms with E-state index in [0.717, 1.165) is 11.3 Å². The number of hydrogen-bond donors (Lipinski definition) is 1. The molecule has 0 atom stereocenters. The highest BCUT2D eigenvalue weighted by Gasteiger charge is 2.15. The fourth-order valence-corrected chi connectivity index (χ4v) is 2.10. The fraction of sp³-hybridized carbons (Fsp3) is 0.312. The summed E-state index contributed by atoms with van der Waals surface area (Å²) in [6, 6.07) is 8.89. The molecule has 2 rings (SSSR count). The van der Waals surface area contributed by atoms with Crippen LogP contribution in [0.25, 0.3) is 0 Å². The zero-order valence-corrected chi connectivity index (χ0v) is 12.5. The number of nitrogens with one attached hydrogen (secondary N) is 1. The van der Waals surface area contributed by atoms with Crippen molar-refractivity contribution in [3.8, 4) is 11.5 Å². The van der Waals surface area contributed by atoms with Crippen LogP contribution in [0.4, 0.5) is 8.78 Å². The van der Waals surface area contributed by atoms with E-state index in [1.165, 1.54) is 7.11 Å². The van der Waals surface area contributed by atoms with Gasteiger partial charge >= 0.3 is 6.61 Å². The second-order valence-electron chi connectivity index (χ2n) is 4.70. The van der Waals surface area contributed by atoms with Crippen molar-refractivity contribution in [2.24, 2.45) is 0 Å². The SMILES string of the molecule is COc1cccc(CNCc2ncccc2C)c1OC(F)F. The summed E-state index contributed by atoms with van der Waals surface area (Å²) in [6.45, 7) is -0.0122. The first kappa shape index (κ1) is 16.2. The lowest BCUT2D eigenvalue weighted by Gasteiger charge is -2.15. The van der Waals surface area contributed by atoms with Gasteiger partial charge in [0, 0.05) is 24.8 Å². The van der Waals surface area contributed by atoms with Gasteiger partial charge in [0.1, 0.15) is 0 Å². The van der Waals surface area contributed by atoms with Gasteiger partial charge in [-0.25, -0.2) is 0 Å². The molecular weight excluding hydrogens is 290 g/mol. The van der Waals surface area contributed by atoms with Crippen molar-refractivity contribution < 1.29 is 18.3 Å². The van der Waals surface area contributed by atoms with Crippen molar-refractivity contribution in [1.82, 2.24) is 10.3 Å². The maximum Gasteiger partial charge on any atom is 0.387 e. The maximum atomic E-state index is 12.5. The Hall–Kier alpha value is -2.21. The monoisotopic (exact) mass is 308 g/mol. The van der Waals surface area contributed by atoms with Gasteiger partial charge in [0.05, 0.1) is 12.8 Å². The Labute approximate surface area is 128 Å². The number of nitrogens with zero attached hydrogens (tertiary/aromatic N) is 1. The van der Waals surface area contributed by atoms with Crippen LogP contribution in [0, 0.1) is 6.92 Å². The van der Waals surface area contributed by atoms with E-state index in [-0.39, 0.29) is 11.5 Å². The molecule has 0 saturated carbocycles. The average molecular weight is 308 g/mol. The number of ether oxygens (including phenoxy) is 2. The maximum absolute atomic E-state index is 12.5. The van der Waals surface area contributed by atoms with E-state index >= 15 is 0 Å². The zero-order valence-electron chi connectivity index (χ0n) is 12.5. The molecule has 1 heterocycles. The molecule has 0 aliphatic carbocycles. The zero-order chi connectivity index (χ0) is 15.9. The normalized spacial score (nSPS) is 10.8. The van der Waals surface area contributed by atoms with Gasteiger partial charge in [0.2, 0.25) is 0 Å². The molecule has 2 aromatic rings. The Balaban J connectivity index is 2.07. The van der Waals surface area contributed by atoms with Crippen LogP contribution in [0.2, 0.25) is 0 Å². The number of aryl methyl sites for hydroxylation is 1. The van der Waals surface area contributed by atoms with Crippen LogP contribution < -0.4 is 14.8 Å². The van der Waals surface area contributed by atoms with Gasteiger partial charge < -0.3 is 14.8 Å². The molecule has 4 nitrogen and oxygen atoms in total. The van der Waals surface area contributed by atoms with Crippen LogP contribution in [0.3, 0.4) is 0 Å². The molecule has 1 aromatic heterocycles. The molecule has 118 valence electrons. The van der Waals surface area contributed by atoms with Crippen molar-refractivity contribution in [2.75, 3.05) is 7.11 Å². The van der Waals surface area contributed by atoms with Crippen LogP contribution in [-0.4, -0.2) is 18.7 Å². The van der Waals surface area contributed by atoms with Gasteiger partial charge in [0.15, 0.2) is 11.5 Å². The van der Waals surface area contributed by atoms with Gasteiger partial charge in [-0.3, -0.25) is 4.98 Å². The second kappa shape index (κ2) is 7.70. The highest BCUT2D eigenvalue weighted by molar-refractivity contribution is 5.46. The third kappa shape index (κ3) is 4.14. The Morgan fingerprint density at radius 1 is 1.18 bits per heavy atom. The lowest BCUT2D eigenvalue weighted by atomic mass is 10.1. The van der Waals surface area contributed by atoms with E-state index in [1.807, 2.05) is 19.1 Å². The number of para-hydroxylation sites is 1. The van der Waals surface area contributed by atoms with Crippen LogP contribution in [0.1, 0.15) is 16.8 Å². The molecule has 0 fully saturated rings. The summed E-state index contributed by atoms with van der Waals surface area (Å²) in [6.07, 6.45) is 1.72. The minimum absolute atomic E-state index is 0.0604. The predicted octanol–water partition coefficient (Wildman–Crippen LogP) is 3.29. The molecule has 0 bridgehead atoms. The third-order valence-electron chi connectivity index (χ3n) is 3.21. The highest BCUT2D eigenvalue weighted by atomic mass is 19.3. The van der Waals surface area contributed by atoms with Gasteiger partial charge in [0.25, 0.3) is 0 Å². The third-order valence-corrected chi connectivity index (χ3v) is 3.21. The molecular formula is C16H18F2N2O2. The van der Waals surface area contributed by atoms with Gasteiger partial charge in [-0.15, -0.1) is 0 Å². The number of hydrogen-bond acceptors (Lipinski definition) is 4. The minimum atomic E-state index is -2.90. The molecule has 0 unspecified atom stereocenters. The number of alkyl halides is 2. The number of halogens is 2. The number of benzene rings is 1. The first-order valence-electron chi connectivity index (χ1n) is 6.83. The minimum Gasteiger partial charge on any atom is -0.493 e. The lowest BCUT2D eigenvalue weighted by Crippen LogP contribution is -2.16. The number of aromatic nitrogens is 1. The molecule has 0 amide bonds. The quantitative estimate of drug-likeness (QED) is 0.852. The summed E-state index contributed by atoms with van der Waals surface area (Å²) in [7, 11) is 1.42. The molecule has 0 saturated heterocycles. The van der Waals surface area contributed by atoms with Crippen LogP contribution in [0.15, 0.2) is 36.5 Å². The van der Waals surface area contributed by atoms with Gasteiger partial charge in [-0.1, -0.05) is 18.2 Å². The van der Waals surface area contributed by atoms with Crippen LogP contribution in [0.5, 0.6) is 11.5 Å². The number of methoxy groups -OCH3 is 1. The molecule has 0 aliphatic heterocycles. The molecule has 0 spiro atoms. The largest absolute Gasteiger partial charge is 0.493 e. The van der Waals surface area contributed by atoms with E-state index in [9.17, 15) is 8.78 Å². The van der Waals surface area contributed by atoms with E-state index < -0.39 is 6.61 Å². The van der Waals surface area contributed by atoms with E-state index in [0.29, 0.717) is 18.7 Å². The Morgan fingerprint density at radius 3 is 2.68 bits per heavy atom. The summed E-state index contributed by atoms with van der Waals surface area (Å²) < 4.78 is 34.7. The van der Waals surface area contributed by atoms with Crippen LogP contribution >= 0.6 is 0 Å². The number of pyridine rings is 1. The van der Waals surface area contributed by atoms with Crippen molar-refractivity contribution in [3.05, 3.63) is 53.3 Å². The molecule has 6 heteroatoms. The molecule has 0 aliphatic rings. The Bertz CT molecular complexity index is 621. The second-order valence-corrected chi connectivity index (χ2v) is 4.70. The van der Waals surface area contributed by atoms with Crippen molar-refractivity contribution >= 4 is 0 Å². The Morgan fingerprint density at radius 2 is 2.00 bits per heavy atom. The van der Waals surface area contributed by atoms with Crippen molar-refractivity contribution in [1.29, 1.82) is 0 Å². The van der Waals surface area contributed by atoms with Crippen molar-refractivity contribution in [2.45, 2.75) is 26.6 Å². The standard InChI is InChI=1S/C16H18F2N2O2/c1-11-5-4-8-20-13(11)10-19-9-12-6-3-7-14(21-2)15(12)22-16(17)18/h3-8,16,19H,9-10H2,1-2H3. The smallest absolute Gasteiger partial charge is 0.387 e. The predicted molar refractivity (Wildman–Crippen MR) is 79.1 cm³/mol. The molecule has 22 heavy (non-hydrogen) atoms. The fourth-order valence-electron chi connectivity index (χ4n) is 2.10. The first-order chi connectivity index (χ1) is 10.6. The molecule has 1 N–H and O–H groups in total. The lowest BCUT2D eigenvalue weighted by molar-refractivity contribution is -0.0518. The topological polar surface area (TPSA) is 43.4 Å². The molecule has 0 radical (unpaired) electrons. The summed E-state index contributed by atoms with van der Waals surface area (Å²) in [5.41, 5.74) is 2.60. The van der Waals surface area contributed by atoms with Gasteiger partial charge in [-0.05, 0) is 24.6 Å². The van der Waals surface area contributed by atoms with E-state index in [2.05, 4.69) is 15.0 Å². The molecule has 1 aromatic carbocycles. The summed E-state index contributed by atoms with van der Waals surface area (Å²) in [4.78, 5) is 4.28. The number of rotatable bonds is 7. The highest BCUT2D eigenvalue weighted by Crippen LogP contribution is 2.32. The van der Waals surface area contributed by atoms with Crippen LogP contribution in [-0.2, 0) is 13.1 Å². The summed E-state index contributed by atoms with van der Waals surface area (Å²) in [5.74, 6) is 0.346. The van der Waals surface area contributed by atoms with E-state index in [1.54, 1.807) is 24.4 Å². The summed E-state index contributed by atoms with van der Waals surface area (Å²) >= 11 is 0. The van der Waals surface area contributed by atoms with Crippen molar-refractivity contribution in [3.63, 3.8) is 0 Å². The Kier molecular flexibility index (Phi) is 5.66. The van der Waals surface area contributed by atoms with Gasteiger partial charge in [-0.2, -0.15) is 8.78 Å². The first-order valence-corrected chi connectivity index (χ1v) is 6.83.